The topological polar surface area (TPSA) is 45.6 Å². The first-order valence-corrected chi connectivity index (χ1v) is 6.77. The number of anilines is 1. The summed E-state index contributed by atoms with van der Waals surface area (Å²) in [6, 6.07) is 3.89. The van der Waals surface area contributed by atoms with Gasteiger partial charge in [-0.1, -0.05) is 20.8 Å². The highest BCUT2D eigenvalue weighted by molar-refractivity contribution is 5.43. The number of β-amino-alcohol motifs (C(OH)–C–C–N with tert-alkyl or cyclic N) is 1. The van der Waals surface area contributed by atoms with Crippen molar-refractivity contribution < 1.29 is 9.84 Å². The van der Waals surface area contributed by atoms with Gasteiger partial charge in [-0.2, -0.15) is 0 Å². The molecular formula is C15H24N2O2. The van der Waals surface area contributed by atoms with Gasteiger partial charge in [0.2, 0.25) is 0 Å². The molecule has 2 heterocycles. The Morgan fingerprint density at radius 3 is 2.26 bits per heavy atom. The highest BCUT2D eigenvalue weighted by Crippen LogP contribution is 2.34. The maximum atomic E-state index is 9.28. The summed E-state index contributed by atoms with van der Waals surface area (Å²) in [5.41, 5.74) is -0.212. The van der Waals surface area contributed by atoms with Gasteiger partial charge in [-0.05, 0) is 26.0 Å². The molecule has 2 rings (SSSR count). The van der Waals surface area contributed by atoms with Crippen molar-refractivity contribution in [1.82, 2.24) is 4.98 Å². The summed E-state index contributed by atoms with van der Waals surface area (Å²) in [5, 5.41) is 9.28. The molecule has 0 atom stereocenters. The van der Waals surface area contributed by atoms with E-state index in [1.54, 1.807) is 6.20 Å². The average Bonchev–Trinajstić information content (AvgIpc) is 2.24. The van der Waals surface area contributed by atoms with E-state index in [1.165, 1.54) is 0 Å². The second kappa shape index (κ2) is 4.67. The van der Waals surface area contributed by atoms with E-state index in [9.17, 15) is 5.11 Å². The molecule has 1 N–H and O–H groups in total. The molecule has 0 radical (unpaired) electrons. The number of nitrogens with zero attached hydrogens (tertiary/aromatic N) is 2. The van der Waals surface area contributed by atoms with E-state index >= 15 is 0 Å². The van der Waals surface area contributed by atoms with Gasteiger partial charge < -0.3 is 14.7 Å². The zero-order chi connectivity index (χ0) is 14.3. The number of aliphatic hydroxyl groups excluding tert-OH is 1. The number of hydrogen-bond acceptors (Lipinski definition) is 4. The smallest absolute Gasteiger partial charge is 0.138 e. The van der Waals surface area contributed by atoms with Gasteiger partial charge in [0.25, 0.3) is 0 Å². The van der Waals surface area contributed by atoms with Crippen LogP contribution in [0.25, 0.3) is 0 Å². The third-order valence-corrected chi connectivity index (χ3v) is 4.09. The first-order chi connectivity index (χ1) is 8.69. The molecule has 19 heavy (non-hydrogen) atoms. The summed E-state index contributed by atoms with van der Waals surface area (Å²) in [6.07, 6.45) is 1.55. The number of rotatable bonds is 3. The molecule has 1 aliphatic heterocycles. The maximum Gasteiger partial charge on any atom is 0.138 e. The van der Waals surface area contributed by atoms with Gasteiger partial charge in [0.05, 0.1) is 12.3 Å². The number of aliphatic hydroxyl groups is 1. The van der Waals surface area contributed by atoms with Crippen molar-refractivity contribution in [3.63, 3.8) is 0 Å². The van der Waals surface area contributed by atoms with E-state index in [2.05, 4.69) is 39.6 Å². The summed E-state index contributed by atoms with van der Waals surface area (Å²) in [4.78, 5) is 6.44. The van der Waals surface area contributed by atoms with Crippen LogP contribution in [0.15, 0.2) is 18.3 Å². The summed E-state index contributed by atoms with van der Waals surface area (Å²) in [7, 11) is 0. The Morgan fingerprint density at radius 1 is 1.21 bits per heavy atom. The Morgan fingerprint density at radius 2 is 1.84 bits per heavy atom. The molecule has 1 aliphatic rings. The highest BCUT2D eigenvalue weighted by Gasteiger charge is 2.35. The van der Waals surface area contributed by atoms with Gasteiger partial charge in [0, 0.05) is 18.5 Å². The van der Waals surface area contributed by atoms with E-state index in [1.807, 2.05) is 17.0 Å². The van der Waals surface area contributed by atoms with Crippen LogP contribution < -0.4 is 9.64 Å². The van der Waals surface area contributed by atoms with Gasteiger partial charge in [-0.3, -0.25) is 0 Å². The largest absolute Gasteiger partial charge is 0.486 e. The summed E-state index contributed by atoms with van der Waals surface area (Å²) in [6.45, 7) is 12.0. The maximum absolute atomic E-state index is 9.28. The first-order valence-electron chi connectivity index (χ1n) is 6.77. The van der Waals surface area contributed by atoms with E-state index in [4.69, 9.17) is 4.74 Å². The van der Waals surface area contributed by atoms with Crippen LogP contribution >= 0.6 is 0 Å². The van der Waals surface area contributed by atoms with Crippen LogP contribution in [-0.4, -0.2) is 34.9 Å². The predicted molar refractivity (Wildman–Crippen MR) is 76.6 cm³/mol. The molecule has 106 valence electrons. The molecule has 0 bridgehead atoms. The highest BCUT2D eigenvalue weighted by atomic mass is 16.5. The molecule has 1 saturated heterocycles. The van der Waals surface area contributed by atoms with Crippen molar-refractivity contribution in [3.05, 3.63) is 18.3 Å². The lowest BCUT2D eigenvalue weighted by Crippen LogP contribution is -2.51. The molecule has 4 nitrogen and oxygen atoms in total. The Kier molecular flexibility index (Phi) is 3.47. The molecule has 4 heteroatoms. The van der Waals surface area contributed by atoms with Gasteiger partial charge >= 0.3 is 0 Å². The number of hydrogen-bond donors (Lipinski definition) is 1. The van der Waals surface area contributed by atoms with Crippen LogP contribution in [0.4, 0.5) is 5.82 Å². The lowest BCUT2D eigenvalue weighted by molar-refractivity contribution is 0.000526. The van der Waals surface area contributed by atoms with Gasteiger partial charge in [0.1, 0.15) is 17.2 Å². The second-order valence-electron chi connectivity index (χ2n) is 6.77. The van der Waals surface area contributed by atoms with Crippen molar-refractivity contribution in [1.29, 1.82) is 0 Å². The molecule has 0 spiro atoms. The molecule has 1 fully saturated rings. The molecule has 1 aromatic heterocycles. The minimum absolute atomic E-state index is 0.0489. The van der Waals surface area contributed by atoms with Crippen LogP contribution in [0.3, 0.4) is 0 Å². The van der Waals surface area contributed by atoms with Crippen LogP contribution in [0, 0.1) is 5.41 Å². The number of pyridine rings is 1. The van der Waals surface area contributed by atoms with Gasteiger partial charge in [-0.25, -0.2) is 4.98 Å². The zero-order valence-electron chi connectivity index (χ0n) is 12.5. The van der Waals surface area contributed by atoms with Crippen LogP contribution in [0.2, 0.25) is 0 Å². The molecule has 0 saturated carbocycles. The summed E-state index contributed by atoms with van der Waals surface area (Å²) >= 11 is 0. The summed E-state index contributed by atoms with van der Waals surface area (Å²) < 4.78 is 6.04. The van der Waals surface area contributed by atoms with Crippen molar-refractivity contribution >= 4 is 5.82 Å². The number of aromatic nitrogens is 1. The Bertz CT molecular complexity index is 428. The standard InChI is InChI=1S/C15H24N2O2/c1-14(2,3)15(4,5)19-12-6-7-13(16-8-12)17-9-11(18)10-17/h6-8,11,18H,9-10H2,1-5H3. The fraction of sp³-hybridized carbons (Fsp3) is 0.667. The minimum Gasteiger partial charge on any atom is -0.486 e. The van der Waals surface area contributed by atoms with Crippen LogP contribution in [0.5, 0.6) is 5.75 Å². The van der Waals surface area contributed by atoms with E-state index in [0.29, 0.717) is 13.1 Å². The van der Waals surface area contributed by atoms with E-state index in [0.717, 1.165) is 11.6 Å². The van der Waals surface area contributed by atoms with E-state index in [-0.39, 0.29) is 17.1 Å². The summed E-state index contributed by atoms with van der Waals surface area (Å²) in [5.74, 6) is 1.68. The molecule has 0 aromatic carbocycles. The van der Waals surface area contributed by atoms with Crippen molar-refractivity contribution in [2.24, 2.45) is 5.41 Å². The lowest BCUT2D eigenvalue weighted by atomic mass is 9.79. The minimum atomic E-state index is -0.261. The Balaban J connectivity index is 2.03. The molecule has 0 amide bonds. The lowest BCUT2D eigenvalue weighted by Gasteiger charge is -2.39. The molecular weight excluding hydrogens is 240 g/mol. The number of ether oxygens (including phenoxy) is 1. The SMILES string of the molecule is CC(C)(C)C(C)(C)Oc1ccc(N2CC(O)C2)nc1. The molecule has 1 aromatic rings. The fourth-order valence-corrected chi connectivity index (χ4v) is 1.71. The fourth-order valence-electron chi connectivity index (χ4n) is 1.71. The van der Waals surface area contributed by atoms with Gasteiger partial charge in [0.15, 0.2) is 0 Å². The third kappa shape index (κ3) is 3.00. The molecule has 0 aliphatic carbocycles. The van der Waals surface area contributed by atoms with Crippen LogP contribution in [0.1, 0.15) is 34.6 Å². The van der Waals surface area contributed by atoms with E-state index < -0.39 is 0 Å². The van der Waals surface area contributed by atoms with Crippen LogP contribution in [-0.2, 0) is 0 Å². The normalized spacial score (nSPS) is 17.3. The predicted octanol–water partition coefficient (Wildman–Crippen LogP) is 2.47. The average molecular weight is 264 g/mol. The second-order valence-corrected chi connectivity index (χ2v) is 6.77. The molecule has 0 unspecified atom stereocenters. The monoisotopic (exact) mass is 264 g/mol. The van der Waals surface area contributed by atoms with Crippen molar-refractivity contribution in [2.75, 3.05) is 18.0 Å². The Hall–Kier alpha value is -1.29. The van der Waals surface area contributed by atoms with Crippen molar-refractivity contribution in [2.45, 2.75) is 46.3 Å². The third-order valence-electron chi connectivity index (χ3n) is 4.09. The quantitative estimate of drug-likeness (QED) is 0.911. The van der Waals surface area contributed by atoms with Gasteiger partial charge in [-0.15, -0.1) is 0 Å². The van der Waals surface area contributed by atoms with Crippen molar-refractivity contribution in [3.8, 4) is 5.75 Å². The first kappa shape index (κ1) is 14.1. The zero-order valence-corrected chi connectivity index (χ0v) is 12.5. The Labute approximate surface area is 115 Å².